The first-order valence-corrected chi connectivity index (χ1v) is 6.62. The van der Waals surface area contributed by atoms with E-state index in [1.54, 1.807) is 12.1 Å². The molecule has 1 heterocycles. The van der Waals surface area contributed by atoms with E-state index in [0.717, 1.165) is 25.7 Å². The predicted octanol–water partition coefficient (Wildman–Crippen LogP) is 2.02. The number of aliphatic hydroxyl groups is 1. The SMILES string of the molecule is O=C(NC1CCCCC1CO)c1ccc(Cl)cn1. The van der Waals surface area contributed by atoms with Crippen LogP contribution in [0.4, 0.5) is 0 Å². The summed E-state index contributed by atoms with van der Waals surface area (Å²) >= 11 is 5.73. The van der Waals surface area contributed by atoms with Gasteiger partial charge in [0.1, 0.15) is 5.69 Å². The fraction of sp³-hybridized carbons (Fsp3) is 0.538. The van der Waals surface area contributed by atoms with E-state index in [2.05, 4.69) is 10.3 Å². The van der Waals surface area contributed by atoms with Crippen LogP contribution in [0.5, 0.6) is 0 Å². The number of nitrogens with zero attached hydrogens (tertiary/aromatic N) is 1. The highest BCUT2D eigenvalue weighted by molar-refractivity contribution is 6.30. The van der Waals surface area contributed by atoms with Crippen molar-refractivity contribution in [1.29, 1.82) is 0 Å². The minimum Gasteiger partial charge on any atom is -0.396 e. The molecule has 1 aliphatic rings. The second-order valence-corrected chi connectivity index (χ2v) is 5.11. The number of nitrogens with one attached hydrogen (secondary N) is 1. The molecule has 0 aliphatic heterocycles. The summed E-state index contributed by atoms with van der Waals surface area (Å²) in [7, 11) is 0. The van der Waals surface area contributed by atoms with Gasteiger partial charge in [0, 0.05) is 24.8 Å². The molecule has 2 atom stereocenters. The fourth-order valence-electron chi connectivity index (χ4n) is 2.37. The van der Waals surface area contributed by atoms with Gasteiger partial charge < -0.3 is 10.4 Å². The first-order valence-electron chi connectivity index (χ1n) is 6.24. The lowest BCUT2D eigenvalue weighted by Crippen LogP contribution is -2.43. The number of aliphatic hydroxyl groups excluding tert-OH is 1. The van der Waals surface area contributed by atoms with Gasteiger partial charge >= 0.3 is 0 Å². The molecule has 0 radical (unpaired) electrons. The van der Waals surface area contributed by atoms with Gasteiger partial charge in [-0.05, 0) is 25.0 Å². The van der Waals surface area contributed by atoms with Crippen LogP contribution in [-0.4, -0.2) is 28.6 Å². The van der Waals surface area contributed by atoms with Gasteiger partial charge in [-0.2, -0.15) is 0 Å². The minimum atomic E-state index is -0.197. The van der Waals surface area contributed by atoms with Crippen LogP contribution in [0.25, 0.3) is 0 Å². The van der Waals surface area contributed by atoms with Crippen LogP contribution in [0.1, 0.15) is 36.2 Å². The summed E-state index contributed by atoms with van der Waals surface area (Å²) in [5.74, 6) is -0.0352. The fourth-order valence-corrected chi connectivity index (χ4v) is 2.48. The lowest BCUT2D eigenvalue weighted by molar-refractivity contribution is 0.0867. The van der Waals surface area contributed by atoms with Crippen molar-refractivity contribution in [3.63, 3.8) is 0 Å². The number of halogens is 1. The van der Waals surface area contributed by atoms with E-state index in [9.17, 15) is 9.90 Å². The summed E-state index contributed by atoms with van der Waals surface area (Å²) in [4.78, 5) is 16.0. The van der Waals surface area contributed by atoms with Crippen molar-refractivity contribution < 1.29 is 9.90 Å². The van der Waals surface area contributed by atoms with Crippen molar-refractivity contribution in [2.45, 2.75) is 31.7 Å². The molecular weight excluding hydrogens is 252 g/mol. The summed E-state index contributed by atoms with van der Waals surface area (Å²) in [5.41, 5.74) is 0.363. The predicted molar refractivity (Wildman–Crippen MR) is 69.5 cm³/mol. The van der Waals surface area contributed by atoms with Gasteiger partial charge in [0.2, 0.25) is 0 Å². The Morgan fingerprint density at radius 1 is 1.44 bits per heavy atom. The number of hydrogen-bond acceptors (Lipinski definition) is 3. The van der Waals surface area contributed by atoms with Crippen molar-refractivity contribution in [2.24, 2.45) is 5.92 Å². The van der Waals surface area contributed by atoms with Gasteiger partial charge in [0.25, 0.3) is 5.91 Å². The zero-order chi connectivity index (χ0) is 13.0. The lowest BCUT2D eigenvalue weighted by Gasteiger charge is -2.30. The Hall–Kier alpha value is -1.13. The molecule has 1 fully saturated rings. The summed E-state index contributed by atoms with van der Waals surface area (Å²) in [6.07, 6.45) is 5.56. The van der Waals surface area contributed by atoms with Crippen molar-refractivity contribution in [2.75, 3.05) is 6.61 Å². The number of amides is 1. The average molecular weight is 269 g/mol. The van der Waals surface area contributed by atoms with Crippen LogP contribution in [0.2, 0.25) is 5.02 Å². The van der Waals surface area contributed by atoms with Gasteiger partial charge in [-0.3, -0.25) is 4.79 Å². The van der Waals surface area contributed by atoms with E-state index in [-0.39, 0.29) is 24.5 Å². The quantitative estimate of drug-likeness (QED) is 0.882. The third-order valence-electron chi connectivity index (χ3n) is 3.42. The smallest absolute Gasteiger partial charge is 0.270 e. The monoisotopic (exact) mass is 268 g/mol. The second-order valence-electron chi connectivity index (χ2n) is 4.67. The first-order chi connectivity index (χ1) is 8.70. The number of carbonyl (C=O) groups excluding carboxylic acids is 1. The summed E-state index contributed by atoms with van der Waals surface area (Å²) in [5, 5.41) is 12.8. The Morgan fingerprint density at radius 3 is 2.89 bits per heavy atom. The van der Waals surface area contributed by atoms with Crippen LogP contribution in [0.15, 0.2) is 18.3 Å². The molecule has 1 aromatic heterocycles. The largest absolute Gasteiger partial charge is 0.396 e. The Bertz CT molecular complexity index is 408. The zero-order valence-electron chi connectivity index (χ0n) is 10.1. The van der Waals surface area contributed by atoms with E-state index in [0.29, 0.717) is 10.7 Å². The van der Waals surface area contributed by atoms with E-state index in [1.165, 1.54) is 6.20 Å². The molecule has 2 unspecified atom stereocenters. The molecule has 0 bridgehead atoms. The van der Waals surface area contributed by atoms with E-state index >= 15 is 0 Å². The highest BCUT2D eigenvalue weighted by Crippen LogP contribution is 2.24. The number of aromatic nitrogens is 1. The Balaban J connectivity index is 1.99. The van der Waals surface area contributed by atoms with E-state index in [4.69, 9.17) is 11.6 Å². The number of rotatable bonds is 3. The standard InChI is InChI=1S/C13H17ClN2O2/c14-10-5-6-12(15-7-10)13(18)16-11-4-2-1-3-9(11)8-17/h5-7,9,11,17H,1-4,8H2,(H,16,18). The van der Waals surface area contributed by atoms with Crippen molar-refractivity contribution in [3.8, 4) is 0 Å². The van der Waals surface area contributed by atoms with Gasteiger partial charge in [0.05, 0.1) is 5.02 Å². The highest BCUT2D eigenvalue weighted by atomic mass is 35.5. The molecule has 2 N–H and O–H groups in total. The van der Waals surface area contributed by atoms with Crippen LogP contribution in [-0.2, 0) is 0 Å². The average Bonchev–Trinajstić information content (AvgIpc) is 2.40. The molecule has 5 heteroatoms. The Kier molecular flexibility index (Phi) is 4.55. The van der Waals surface area contributed by atoms with Crippen LogP contribution < -0.4 is 5.32 Å². The van der Waals surface area contributed by atoms with Crippen molar-refractivity contribution >= 4 is 17.5 Å². The molecule has 1 aromatic rings. The summed E-state index contributed by atoms with van der Waals surface area (Å²) < 4.78 is 0. The third kappa shape index (κ3) is 3.21. The third-order valence-corrected chi connectivity index (χ3v) is 3.64. The minimum absolute atomic E-state index is 0.0497. The first kappa shape index (κ1) is 13.3. The summed E-state index contributed by atoms with van der Waals surface area (Å²) in [6, 6.07) is 3.30. The molecule has 1 amide bonds. The highest BCUT2D eigenvalue weighted by Gasteiger charge is 2.26. The molecule has 1 aliphatic carbocycles. The van der Waals surface area contributed by atoms with Gasteiger partial charge in [-0.1, -0.05) is 24.4 Å². The normalized spacial score (nSPS) is 23.7. The molecule has 1 saturated carbocycles. The molecule has 0 saturated heterocycles. The maximum absolute atomic E-state index is 12.0. The molecule has 0 aromatic carbocycles. The molecule has 18 heavy (non-hydrogen) atoms. The molecule has 0 spiro atoms. The van der Waals surface area contributed by atoms with Gasteiger partial charge in [0.15, 0.2) is 0 Å². The van der Waals surface area contributed by atoms with Gasteiger partial charge in [-0.25, -0.2) is 4.98 Å². The molecule has 4 nitrogen and oxygen atoms in total. The number of carbonyl (C=O) groups is 1. The number of hydrogen-bond donors (Lipinski definition) is 2. The molecule has 2 rings (SSSR count). The summed E-state index contributed by atoms with van der Waals surface area (Å²) in [6.45, 7) is 0.124. The van der Waals surface area contributed by atoms with Crippen molar-refractivity contribution in [3.05, 3.63) is 29.0 Å². The second kappa shape index (κ2) is 6.16. The topological polar surface area (TPSA) is 62.2 Å². The zero-order valence-corrected chi connectivity index (χ0v) is 10.9. The van der Waals surface area contributed by atoms with Gasteiger partial charge in [-0.15, -0.1) is 0 Å². The van der Waals surface area contributed by atoms with Crippen molar-refractivity contribution in [1.82, 2.24) is 10.3 Å². The van der Waals surface area contributed by atoms with Crippen LogP contribution in [0, 0.1) is 5.92 Å². The molecule has 98 valence electrons. The Labute approximate surface area is 111 Å². The van der Waals surface area contributed by atoms with Crippen LogP contribution in [0.3, 0.4) is 0 Å². The lowest BCUT2D eigenvalue weighted by atomic mass is 9.85. The number of pyridine rings is 1. The van der Waals surface area contributed by atoms with Crippen LogP contribution >= 0.6 is 11.6 Å². The molecular formula is C13H17ClN2O2. The van der Waals surface area contributed by atoms with E-state index in [1.807, 2.05) is 0 Å². The maximum atomic E-state index is 12.0. The maximum Gasteiger partial charge on any atom is 0.270 e. The Morgan fingerprint density at radius 2 is 2.22 bits per heavy atom. The van der Waals surface area contributed by atoms with E-state index < -0.39 is 0 Å².